The summed E-state index contributed by atoms with van der Waals surface area (Å²) in [5.74, 6) is -0.104. The van der Waals surface area contributed by atoms with Crippen LogP contribution in [0.2, 0.25) is 0 Å². The number of anilines is 3. The van der Waals surface area contributed by atoms with E-state index < -0.39 is 29.9 Å². The zero-order chi connectivity index (χ0) is 32.7. The van der Waals surface area contributed by atoms with Gasteiger partial charge in [0.2, 0.25) is 5.91 Å². The van der Waals surface area contributed by atoms with E-state index in [1.165, 1.54) is 4.90 Å². The Kier molecular flexibility index (Phi) is 10.6. The molecule has 3 aromatic carbocycles. The van der Waals surface area contributed by atoms with Crippen molar-refractivity contribution in [2.45, 2.75) is 38.6 Å². The van der Waals surface area contributed by atoms with Gasteiger partial charge in [0.15, 0.2) is 0 Å². The number of carbonyl (C=O) groups is 3. The van der Waals surface area contributed by atoms with Gasteiger partial charge in [0, 0.05) is 42.1 Å². The van der Waals surface area contributed by atoms with Gasteiger partial charge >= 0.3 is 18.2 Å². The van der Waals surface area contributed by atoms with Crippen molar-refractivity contribution < 1.29 is 37.4 Å². The summed E-state index contributed by atoms with van der Waals surface area (Å²) in [5, 5.41) is 17.8. The van der Waals surface area contributed by atoms with E-state index in [2.05, 4.69) is 16.0 Å². The van der Waals surface area contributed by atoms with Crippen molar-refractivity contribution in [2.75, 3.05) is 42.7 Å². The smallest absolute Gasteiger partial charge is 0.416 e. The molecule has 0 aliphatic carbocycles. The fourth-order valence-corrected chi connectivity index (χ4v) is 4.85. The van der Waals surface area contributed by atoms with Crippen LogP contribution in [0.4, 0.5) is 39.8 Å². The minimum absolute atomic E-state index is 0.0838. The number of para-hydroxylation sites is 1. The first-order chi connectivity index (χ1) is 21.3. The molecule has 0 aromatic heterocycles. The SMILES string of the molecule is C[C@@H]1CN([C@@H](C)CO)C(=O)Cc2cc(NC(=O)Nc3ccc(C(F)(F)F)cc3)ccc2O[C@H]1CN(C)C(=O)Nc1ccccc1. The Balaban J connectivity index is 1.53. The number of ether oxygens (including phenoxy) is 1. The highest BCUT2D eigenvalue weighted by Gasteiger charge is 2.32. The van der Waals surface area contributed by atoms with Gasteiger partial charge in [-0.25, -0.2) is 9.59 Å². The van der Waals surface area contributed by atoms with E-state index >= 15 is 0 Å². The highest BCUT2D eigenvalue weighted by atomic mass is 19.4. The molecule has 240 valence electrons. The fraction of sp³-hybridized carbons (Fsp3) is 0.344. The third kappa shape index (κ3) is 8.88. The van der Waals surface area contributed by atoms with E-state index in [1.807, 2.05) is 25.1 Å². The number of halogens is 3. The van der Waals surface area contributed by atoms with Crippen LogP contribution in [0.3, 0.4) is 0 Å². The number of nitrogens with one attached hydrogen (secondary N) is 3. The molecule has 0 unspecified atom stereocenters. The number of hydrogen-bond donors (Lipinski definition) is 4. The molecule has 0 spiro atoms. The van der Waals surface area contributed by atoms with Crippen molar-refractivity contribution in [2.24, 2.45) is 5.92 Å². The van der Waals surface area contributed by atoms with Gasteiger partial charge in [-0.15, -0.1) is 0 Å². The van der Waals surface area contributed by atoms with Crippen molar-refractivity contribution in [3.05, 3.63) is 83.9 Å². The minimum Gasteiger partial charge on any atom is -0.488 e. The number of rotatable bonds is 7. The van der Waals surface area contributed by atoms with Crippen LogP contribution in [0.1, 0.15) is 25.0 Å². The zero-order valence-electron chi connectivity index (χ0n) is 25.1. The van der Waals surface area contributed by atoms with Crippen LogP contribution < -0.4 is 20.7 Å². The van der Waals surface area contributed by atoms with Gasteiger partial charge in [0.1, 0.15) is 11.9 Å². The summed E-state index contributed by atoms with van der Waals surface area (Å²) in [6, 6.07) is 16.3. The Bertz CT molecular complexity index is 1490. The first-order valence-corrected chi connectivity index (χ1v) is 14.4. The van der Waals surface area contributed by atoms with Crippen LogP contribution in [0.5, 0.6) is 5.75 Å². The number of amides is 5. The number of carbonyl (C=O) groups excluding carboxylic acids is 3. The molecule has 10 nitrogen and oxygen atoms in total. The molecule has 1 aliphatic rings. The van der Waals surface area contributed by atoms with Gasteiger partial charge in [0.05, 0.1) is 31.2 Å². The Morgan fingerprint density at radius 2 is 1.62 bits per heavy atom. The van der Waals surface area contributed by atoms with Crippen molar-refractivity contribution in [3.8, 4) is 5.75 Å². The lowest BCUT2D eigenvalue weighted by Gasteiger charge is -2.34. The van der Waals surface area contributed by atoms with Crippen LogP contribution in [-0.2, 0) is 17.4 Å². The first-order valence-electron chi connectivity index (χ1n) is 14.4. The molecule has 4 rings (SSSR count). The van der Waals surface area contributed by atoms with Crippen molar-refractivity contribution in [1.82, 2.24) is 9.80 Å². The van der Waals surface area contributed by atoms with Crippen LogP contribution in [0.15, 0.2) is 72.8 Å². The number of nitrogens with zero attached hydrogens (tertiary/aromatic N) is 2. The van der Waals surface area contributed by atoms with Gasteiger partial charge in [-0.05, 0) is 61.5 Å². The largest absolute Gasteiger partial charge is 0.488 e. The second kappa shape index (κ2) is 14.3. The van der Waals surface area contributed by atoms with E-state index in [0.717, 1.165) is 24.3 Å². The molecule has 0 saturated heterocycles. The van der Waals surface area contributed by atoms with Gasteiger partial charge in [-0.3, -0.25) is 4.79 Å². The number of likely N-dealkylation sites (N-methyl/N-ethyl adjacent to an activating group) is 1. The zero-order valence-corrected chi connectivity index (χ0v) is 25.1. The Labute approximate surface area is 259 Å². The van der Waals surface area contributed by atoms with Crippen LogP contribution >= 0.6 is 0 Å². The predicted octanol–water partition coefficient (Wildman–Crippen LogP) is 5.66. The maximum absolute atomic E-state index is 13.4. The van der Waals surface area contributed by atoms with Gasteiger partial charge in [0.25, 0.3) is 0 Å². The van der Waals surface area contributed by atoms with E-state index in [1.54, 1.807) is 49.2 Å². The average Bonchev–Trinajstić information content (AvgIpc) is 3.04. The number of alkyl halides is 3. The maximum atomic E-state index is 13.4. The van der Waals surface area contributed by atoms with Gasteiger partial charge < -0.3 is 35.6 Å². The summed E-state index contributed by atoms with van der Waals surface area (Å²) in [4.78, 5) is 42.1. The van der Waals surface area contributed by atoms with Gasteiger partial charge in [-0.2, -0.15) is 13.2 Å². The summed E-state index contributed by atoms with van der Waals surface area (Å²) in [6.45, 7) is 3.85. The summed E-state index contributed by atoms with van der Waals surface area (Å²) < 4.78 is 45.0. The molecule has 4 N–H and O–H groups in total. The molecule has 0 fully saturated rings. The lowest BCUT2D eigenvalue weighted by molar-refractivity contribution is -0.137. The van der Waals surface area contributed by atoms with Crippen molar-refractivity contribution >= 4 is 35.0 Å². The molecule has 1 aliphatic heterocycles. The highest BCUT2D eigenvalue weighted by Crippen LogP contribution is 2.31. The summed E-state index contributed by atoms with van der Waals surface area (Å²) >= 11 is 0. The molecule has 0 radical (unpaired) electrons. The highest BCUT2D eigenvalue weighted by molar-refractivity contribution is 6.00. The normalized spacial score (nSPS) is 17.5. The topological polar surface area (TPSA) is 123 Å². The molecular weight excluding hydrogens is 591 g/mol. The molecular formula is C32H36F3N5O5. The van der Waals surface area contributed by atoms with Crippen LogP contribution in [0, 0.1) is 5.92 Å². The monoisotopic (exact) mass is 627 g/mol. The molecule has 3 aromatic rings. The fourth-order valence-electron chi connectivity index (χ4n) is 4.85. The summed E-state index contributed by atoms with van der Waals surface area (Å²) in [5.41, 5.74) is 0.750. The van der Waals surface area contributed by atoms with E-state index in [9.17, 15) is 32.7 Å². The van der Waals surface area contributed by atoms with E-state index in [4.69, 9.17) is 4.74 Å². The number of aliphatic hydroxyl groups is 1. The molecule has 45 heavy (non-hydrogen) atoms. The molecule has 1 heterocycles. The minimum atomic E-state index is -4.49. The number of aliphatic hydroxyl groups excluding tert-OH is 1. The van der Waals surface area contributed by atoms with Crippen molar-refractivity contribution in [1.29, 1.82) is 0 Å². The van der Waals surface area contributed by atoms with E-state index in [-0.39, 0.29) is 49.7 Å². The lowest BCUT2D eigenvalue weighted by Crippen LogP contribution is -2.48. The first kappa shape index (κ1) is 33.1. The van der Waals surface area contributed by atoms with Gasteiger partial charge in [-0.1, -0.05) is 25.1 Å². The molecule has 13 heteroatoms. The number of urea groups is 2. The number of fused-ring (bicyclic) bond motifs is 1. The number of hydrogen-bond acceptors (Lipinski definition) is 5. The summed E-state index contributed by atoms with van der Waals surface area (Å²) in [7, 11) is 1.64. The predicted molar refractivity (Wildman–Crippen MR) is 164 cm³/mol. The van der Waals surface area contributed by atoms with E-state index in [0.29, 0.717) is 22.7 Å². The quantitative estimate of drug-likeness (QED) is 0.269. The lowest BCUT2D eigenvalue weighted by atomic mass is 10.0. The molecule has 3 atom stereocenters. The van der Waals surface area contributed by atoms with Crippen molar-refractivity contribution in [3.63, 3.8) is 0 Å². The molecule has 0 bridgehead atoms. The summed E-state index contributed by atoms with van der Waals surface area (Å²) in [6.07, 6.45) is -5.12. The van der Waals surface area contributed by atoms with Crippen LogP contribution in [-0.4, -0.2) is 71.8 Å². The third-order valence-corrected chi connectivity index (χ3v) is 7.47. The Morgan fingerprint density at radius 3 is 2.27 bits per heavy atom. The second-order valence-electron chi connectivity index (χ2n) is 11.0. The Hall–Kier alpha value is -4.78. The molecule has 0 saturated carbocycles. The third-order valence-electron chi connectivity index (χ3n) is 7.47. The Morgan fingerprint density at radius 1 is 1.00 bits per heavy atom. The second-order valence-corrected chi connectivity index (χ2v) is 11.0. The maximum Gasteiger partial charge on any atom is 0.416 e. The molecule has 5 amide bonds. The average molecular weight is 628 g/mol. The standard InChI is InChI=1S/C32H36F3N5O5/c1-20-17-40(21(2)19-41)29(42)16-22-15-26(37-30(43)36-25-11-9-23(10-12-25)32(33,34)35)13-14-27(22)45-28(20)18-39(3)31(44)38-24-7-5-4-6-8-24/h4-15,20-21,28,41H,16-19H2,1-3H3,(H,38,44)(H2,36,37,43)/t20-,21+,28+/m1/s1. The number of benzene rings is 3. The van der Waals surface area contributed by atoms with Crippen LogP contribution in [0.25, 0.3) is 0 Å².